The fraction of sp³-hybridized carbons (Fsp3) is 0.220. The Morgan fingerprint density at radius 2 is 1.57 bits per heavy atom. The first kappa shape index (κ1) is 32.5. The van der Waals surface area contributed by atoms with Crippen LogP contribution in [0, 0.1) is 26.0 Å². The molecule has 5 nitrogen and oxygen atoms in total. The summed E-state index contributed by atoms with van der Waals surface area (Å²) < 4.78 is 10.6. The molecular formula is C41H38N4OPt. The van der Waals surface area contributed by atoms with Gasteiger partial charge >= 0.3 is 21.1 Å². The molecule has 0 saturated heterocycles. The molecule has 0 radical (unpaired) electrons. The predicted octanol–water partition coefficient (Wildman–Crippen LogP) is 10.7. The molecule has 6 heteroatoms. The van der Waals surface area contributed by atoms with Crippen LogP contribution < -0.4 is 4.74 Å². The third kappa shape index (κ3) is 6.05. The summed E-state index contributed by atoms with van der Waals surface area (Å²) in [5.41, 5.74) is 9.77. The van der Waals surface area contributed by atoms with E-state index in [1.54, 1.807) is 0 Å². The molecule has 3 heterocycles. The number of hydrogen-bond acceptors (Lipinski definition) is 3. The minimum Gasteiger partial charge on any atom is -0.509 e. The van der Waals surface area contributed by atoms with Gasteiger partial charge in [0.25, 0.3) is 0 Å². The van der Waals surface area contributed by atoms with Gasteiger partial charge in [-0.25, -0.2) is 4.98 Å². The molecule has 0 amide bonds. The summed E-state index contributed by atoms with van der Waals surface area (Å²) in [6.07, 6.45) is 2.99. The van der Waals surface area contributed by atoms with E-state index < -0.39 is 0 Å². The minimum atomic E-state index is 0. The summed E-state index contributed by atoms with van der Waals surface area (Å²) in [6.45, 7) is 13.1. The van der Waals surface area contributed by atoms with E-state index in [9.17, 15) is 0 Å². The molecule has 0 spiro atoms. The normalized spacial score (nSPS) is 12.1. The summed E-state index contributed by atoms with van der Waals surface area (Å²) >= 11 is 0. The average molecular weight is 798 g/mol. The molecule has 7 aromatic rings. The Bertz CT molecular complexity index is 2200. The molecule has 7 rings (SSSR count). The van der Waals surface area contributed by atoms with Crippen LogP contribution in [0.5, 0.6) is 11.5 Å². The number of rotatable bonds is 8. The number of aromatic nitrogens is 4. The summed E-state index contributed by atoms with van der Waals surface area (Å²) in [4.78, 5) is 4.82. The van der Waals surface area contributed by atoms with Crippen LogP contribution in [0.1, 0.15) is 68.5 Å². The van der Waals surface area contributed by atoms with Crippen LogP contribution in [0.15, 0.2) is 97.2 Å². The van der Waals surface area contributed by atoms with Crippen molar-refractivity contribution in [1.82, 2.24) is 19.3 Å². The van der Waals surface area contributed by atoms with E-state index >= 15 is 0 Å². The van der Waals surface area contributed by atoms with E-state index in [1.165, 1.54) is 16.5 Å². The monoisotopic (exact) mass is 797 g/mol. The van der Waals surface area contributed by atoms with E-state index in [1.807, 2.05) is 48.1 Å². The first-order chi connectivity index (χ1) is 22.3. The maximum Gasteiger partial charge on any atom is 2.00 e. The Balaban J connectivity index is 0.00000386. The molecule has 0 N–H and O–H groups in total. The van der Waals surface area contributed by atoms with Crippen LogP contribution in [-0.2, 0) is 21.1 Å². The molecule has 1 unspecified atom stereocenters. The molecule has 0 fully saturated rings. The number of hydrogen-bond donors (Lipinski definition) is 0. The Hall–Kier alpha value is -4.47. The molecule has 47 heavy (non-hydrogen) atoms. The molecule has 0 aliphatic heterocycles. The standard InChI is InChI=1S/C41H38N4O.Pt/c1-7-27(4)32-16-19-38-37(22-32)36-18-17-35(25-39(36)44(38)40-23-31(26(2)3)20-21-42-40)46-34-15-11-14-33(24-34)45-29(6)41(28(5)43-45)30-12-9-8-10-13-30;/h8-23,26-27H,7H2,1-6H3;/q-2;+2. The molecule has 0 aliphatic rings. The number of fused-ring (bicyclic) bond motifs is 3. The third-order valence-electron chi connectivity index (χ3n) is 9.07. The molecule has 1 atom stereocenters. The van der Waals surface area contributed by atoms with Crippen molar-refractivity contribution in [3.05, 3.63) is 132 Å². The van der Waals surface area contributed by atoms with Gasteiger partial charge in [-0.05, 0) is 78.1 Å². The number of pyridine rings is 1. The van der Waals surface area contributed by atoms with E-state index in [0.29, 0.717) is 23.3 Å². The van der Waals surface area contributed by atoms with E-state index in [-0.39, 0.29) is 21.1 Å². The number of benzene rings is 4. The minimum absolute atomic E-state index is 0. The van der Waals surface area contributed by atoms with E-state index in [4.69, 9.17) is 14.8 Å². The van der Waals surface area contributed by atoms with Gasteiger partial charge in [-0.1, -0.05) is 75.7 Å². The van der Waals surface area contributed by atoms with Crippen molar-refractivity contribution in [2.24, 2.45) is 0 Å². The van der Waals surface area contributed by atoms with E-state index in [2.05, 4.69) is 112 Å². The zero-order valence-corrected chi connectivity index (χ0v) is 29.9. The summed E-state index contributed by atoms with van der Waals surface area (Å²) in [5, 5.41) is 7.19. The molecule has 0 bridgehead atoms. The van der Waals surface area contributed by atoms with Gasteiger partial charge in [0.2, 0.25) is 0 Å². The van der Waals surface area contributed by atoms with Gasteiger partial charge in [-0.3, -0.25) is 4.68 Å². The maximum atomic E-state index is 6.45. The first-order valence-corrected chi connectivity index (χ1v) is 16.1. The second kappa shape index (κ2) is 13.3. The van der Waals surface area contributed by atoms with Crippen molar-refractivity contribution in [3.63, 3.8) is 0 Å². The maximum absolute atomic E-state index is 6.45. The van der Waals surface area contributed by atoms with Crippen molar-refractivity contribution in [3.8, 4) is 34.1 Å². The SMILES string of the molecule is CCC(C)c1ccc2c(c1)c1ccc(Oc3[c-]c(-n4nc(C)c(-c5ccccc5)c4C)ccc3)[c-]c1n2-c1cc(C(C)C)ccn1.[Pt+2]. The quantitative estimate of drug-likeness (QED) is 0.144. The largest absolute Gasteiger partial charge is 2.00 e. The van der Waals surface area contributed by atoms with Gasteiger partial charge in [0.15, 0.2) is 0 Å². The van der Waals surface area contributed by atoms with Gasteiger partial charge in [-0.2, -0.15) is 17.2 Å². The van der Waals surface area contributed by atoms with Crippen LogP contribution in [-0.4, -0.2) is 19.3 Å². The van der Waals surface area contributed by atoms with Gasteiger partial charge in [-0.15, -0.1) is 35.7 Å². The second-order valence-corrected chi connectivity index (χ2v) is 12.4. The van der Waals surface area contributed by atoms with Gasteiger partial charge in [0.05, 0.1) is 5.69 Å². The van der Waals surface area contributed by atoms with Crippen LogP contribution >= 0.6 is 0 Å². The fourth-order valence-electron chi connectivity index (χ4n) is 6.34. The molecule has 238 valence electrons. The van der Waals surface area contributed by atoms with Crippen molar-refractivity contribution in [1.29, 1.82) is 0 Å². The molecule has 0 aliphatic carbocycles. The van der Waals surface area contributed by atoms with Crippen molar-refractivity contribution in [2.45, 2.75) is 59.8 Å². The van der Waals surface area contributed by atoms with Crippen molar-refractivity contribution >= 4 is 21.8 Å². The van der Waals surface area contributed by atoms with Crippen LogP contribution in [0.3, 0.4) is 0 Å². The number of ether oxygens (including phenoxy) is 1. The Labute approximate surface area is 291 Å². The Morgan fingerprint density at radius 3 is 2.34 bits per heavy atom. The van der Waals surface area contributed by atoms with Crippen LogP contribution in [0.2, 0.25) is 0 Å². The smallest absolute Gasteiger partial charge is 0.509 e. The van der Waals surface area contributed by atoms with Gasteiger partial charge in [0.1, 0.15) is 5.82 Å². The van der Waals surface area contributed by atoms with E-state index in [0.717, 1.165) is 56.9 Å². The van der Waals surface area contributed by atoms with Gasteiger partial charge < -0.3 is 9.30 Å². The molecule has 0 saturated carbocycles. The molecule has 3 aromatic heterocycles. The number of aryl methyl sites for hydroxylation is 1. The molecule has 4 aromatic carbocycles. The third-order valence-corrected chi connectivity index (χ3v) is 9.07. The molecular weight excluding hydrogens is 760 g/mol. The second-order valence-electron chi connectivity index (χ2n) is 12.4. The van der Waals surface area contributed by atoms with Crippen molar-refractivity contribution < 1.29 is 25.8 Å². The summed E-state index contributed by atoms with van der Waals surface area (Å²) in [7, 11) is 0. The topological polar surface area (TPSA) is 44.9 Å². The fourth-order valence-corrected chi connectivity index (χ4v) is 6.34. The Kier molecular flexibility index (Phi) is 9.21. The average Bonchev–Trinajstić information content (AvgIpc) is 3.56. The van der Waals surface area contributed by atoms with Crippen LogP contribution in [0.4, 0.5) is 0 Å². The first-order valence-electron chi connectivity index (χ1n) is 16.1. The zero-order valence-electron chi connectivity index (χ0n) is 27.6. The summed E-state index contributed by atoms with van der Waals surface area (Å²) in [5.74, 6) is 2.96. The van der Waals surface area contributed by atoms with Crippen LogP contribution in [0.25, 0.3) is 44.4 Å². The van der Waals surface area contributed by atoms with Crippen molar-refractivity contribution in [2.75, 3.05) is 0 Å². The number of nitrogens with zero attached hydrogens (tertiary/aromatic N) is 4. The predicted molar refractivity (Wildman–Crippen MR) is 188 cm³/mol. The zero-order chi connectivity index (χ0) is 31.9. The van der Waals surface area contributed by atoms with Gasteiger partial charge in [0, 0.05) is 34.5 Å². The summed E-state index contributed by atoms with van der Waals surface area (Å²) in [6, 6.07) is 38.6. The Morgan fingerprint density at radius 1 is 0.787 bits per heavy atom.